The van der Waals surface area contributed by atoms with Crippen molar-refractivity contribution in [3.05, 3.63) is 0 Å². The van der Waals surface area contributed by atoms with E-state index in [1.54, 1.807) is 0 Å². The normalized spacial score (nSPS) is 23.8. The zero-order valence-corrected chi connectivity index (χ0v) is 9.89. The second-order valence-corrected chi connectivity index (χ2v) is 4.37. The minimum Gasteiger partial charge on any atom is -0.317 e. The second kappa shape index (κ2) is 7.24. The van der Waals surface area contributed by atoms with E-state index in [2.05, 4.69) is 24.1 Å². The number of hydrogen-bond acceptors (Lipinski definition) is 2. The molecule has 1 unspecified atom stereocenters. The zero-order chi connectivity index (χ0) is 10.2. The minimum absolute atomic E-state index is 0.852. The van der Waals surface area contributed by atoms with Gasteiger partial charge in [0.2, 0.25) is 0 Å². The molecule has 2 nitrogen and oxygen atoms in total. The first-order valence-corrected chi connectivity index (χ1v) is 6.33. The second-order valence-electron chi connectivity index (χ2n) is 4.37. The highest BCUT2D eigenvalue weighted by Gasteiger charge is 2.17. The Hall–Kier alpha value is -0.0800. The maximum absolute atomic E-state index is 3.49. The van der Waals surface area contributed by atoms with Crippen LogP contribution in [-0.4, -0.2) is 37.1 Å². The van der Waals surface area contributed by atoms with E-state index in [1.807, 2.05) is 0 Å². The van der Waals surface area contributed by atoms with Crippen molar-refractivity contribution < 1.29 is 0 Å². The van der Waals surface area contributed by atoms with E-state index in [4.69, 9.17) is 0 Å². The monoisotopic (exact) mass is 198 g/mol. The van der Waals surface area contributed by atoms with E-state index in [0.717, 1.165) is 6.04 Å². The SMILES string of the molecule is CCCN(CCC)C1CCCNCC1. The fourth-order valence-corrected chi connectivity index (χ4v) is 2.42. The Bertz CT molecular complexity index is 122. The summed E-state index contributed by atoms with van der Waals surface area (Å²) in [7, 11) is 0. The molecule has 0 radical (unpaired) electrons. The van der Waals surface area contributed by atoms with Crippen LogP contribution in [0.3, 0.4) is 0 Å². The summed E-state index contributed by atoms with van der Waals surface area (Å²) in [6, 6.07) is 0.852. The van der Waals surface area contributed by atoms with Gasteiger partial charge in [0.05, 0.1) is 0 Å². The van der Waals surface area contributed by atoms with Crippen molar-refractivity contribution in [2.45, 2.75) is 52.0 Å². The molecule has 1 aliphatic rings. The topological polar surface area (TPSA) is 15.3 Å². The number of hydrogen-bond donors (Lipinski definition) is 1. The van der Waals surface area contributed by atoms with Gasteiger partial charge in [-0.25, -0.2) is 0 Å². The van der Waals surface area contributed by atoms with E-state index < -0.39 is 0 Å². The molecule has 0 aromatic heterocycles. The van der Waals surface area contributed by atoms with Gasteiger partial charge in [0, 0.05) is 6.04 Å². The smallest absolute Gasteiger partial charge is 0.0108 e. The average Bonchev–Trinajstić information content (AvgIpc) is 2.45. The summed E-state index contributed by atoms with van der Waals surface area (Å²) in [6.07, 6.45) is 6.69. The third-order valence-corrected chi connectivity index (χ3v) is 3.08. The number of rotatable bonds is 5. The Kier molecular flexibility index (Phi) is 6.20. The van der Waals surface area contributed by atoms with Crippen LogP contribution in [0.5, 0.6) is 0 Å². The van der Waals surface area contributed by atoms with Crippen LogP contribution < -0.4 is 5.32 Å². The van der Waals surface area contributed by atoms with Gasteiger partial charge in [-0.3, -0.25) is 0 Å². The number of nitrogens with zero attached hydrogens (tertiary/aromatic N) is 1. The lowest BCUT2D eigenvalue weighted by atomic mass is 10.1. The third-order valence-electron chi connectivity index (χ3n) is 3.08. The van der Waals surface area contributed by atoms with Gasteiger partial charge in [-0.1, -0.05) is 13.8 Å². The van der Waals surface area contributed by atoms with Gasteiger partial charge >= 0.3 is 0 Å². The van der Waals surface area contributed by atoms with Gasteiger partial charge in [0.15, 0.2) is 0 Å². The molecule has 0 spiro atoms. The summed E-state index contributed by atoms with van der Waals surface area (Å²) in [5.41, 5.74) is 0. The van der Waals surface area contributed by atoms with Gasteiger partial charge in [-0.05, 0) is 58.3 Å². The summed E-state index contributed by atoms with van der Waals surface area (Å²) in [5, 5.41) is 3.49. The van der Waals surface area contributed by atoms with Gasteiger partial charge < -0.3 is 10.2 Å². The predicted molar refractivity (Wildman–Crippen MR) is 62.7 cm³/mol. The molecule has 0 aromatic rings. The van der Waals surface area contributed by atoms with Crippen molar-refractivity contribution >= 4 is 0 Å². The van der Waals surface area contributed by atoms with Crippen LogP contribution in [0.4, 0.5) is 0 Å². The Balaban J connectivity index is 2.38. The fourth-order valence-electron chi connectivity index (χ4n) is 2.42. The Morgan fingerprint density at radius 2 is 1.79 bits per heavy atom. The molecule has 0 aromatic carbocycles. The van der Waals surface area contributed by atoms with Crippen LogP contribution in [0.25, 0.3) is 0 Å². The third kappa shape index (κ3) is 3.97. The molecule has 2 heteroatoms. The molecule has 1 rings (SSSR count). The first-order chi connectivity index (χ1) is 6.88. The summed E-state index contributed by atoms with van der Waals surface area (Å²) >= 11 is 0. The molecule has 84 valence electrons. The molecular weight excluding hydrogens is 172 g/mol. The lowest BCUT2D eigenvalue weighted by Gasteiger charge is -2.30. The van der Waals surface area contributed by atoms with Crippen molar-refractivity contribution in [2.75, 3.05) is 26.2 Å². The van der Waals surface area contributed by atoms with Crippen LogP contribution in [0, 0.1) is 0 Å². The molecule has 1 fully saturated rings. The van der Waals surface area contributed by atoms with Crippen LogP contribution in [-0.2, 0) is 0 Å². The molecule has 0 saturated carbocycles. The highest BCUT2D eigenvalue weighted by molar-refractivity contribution is 4.75. The fraction of sp³-hybridized carbons (Fsp3) is 1.00. The molecule has 1 N–H and O–H groups in total. The molecule has 0 amide bonds. The molecule has 1 aliphatic heterocycles. The predicted octanol–water partition coefficient (Wildman–Crippen LogP) is 2.25. The Morgan fingerprint density at radius 1 is 1.07 bits per heavy atom. The molecule has 14 heavy (non-hydrogen) atoms. The van der Waals surface area contributed by atoms with Crippen molar-refractivity contribution in [3.63, 3.8) is 0 Å². The summed E-state index contributed by atoms with van der Waals surface area (Å²) < 4.78 is 0. The van der Waals surface area contributed by atoms with Gasteiger partial charge in [-0.15, -0.1) is 0 Å². The van der Waals surface area contributed by atoms with Crippen LogP contribution in [0.2, 0.25) is 0 Å². The summed E-state index contributed by atoms with van der Waals surface area (Å²) in [5.74, 6) is 0. The minimum atomic E-state index is 0.852. The summed E-state index contributed by atoms with van der Waals surface area (Å²) in [4.78, 5) is 2.70. The van der Waals surface area contributed by atoms with Crippen LogP contribution in [0.1, 0.15) is 46.0 Å². The molecule has 1 atom stereocenters. The molecular formula is C12H26N2. The first kappa shape index (κ1) is 12.0. The Morgan fingerprint density at radius 3 is 2.43 bits per heavy atom. The quantitative estimate of drug-likeness (QED) is 0.729. The van der Waals surface area contributed by atoms with Gasteiger partial charge in [0.1, 0.15) is 0 Å². The molecule has 1 heterocycles. The Labute approximate surface area is 89.1 Å². The van der Waals surface area contributed by atoms with Crippen molar-refractivity contribution in [3.8, 4) is 0 Å². The zero-order valence-electron chi connectivity index (χ0n) is 9.89. The maximum atomic E-state index is 3.49. The van der Waals surface area contributed by atoms with Crippen molar-refractivity contribution in [1.82, 2.24) is 10.2 Å². The van der Waals surface area contributed by atoms with E-state index >= 15 is 0 Å². The van der Waals surface area contributed by atoms with Crippen molar-refractivity contribution in [1.29, 1.82) is 0 Å². The number of nitrogens with one attached hydrogen (secondary N) is 1. The van der Waals surface area contributed by atoms with Crippen LogP contribution in [0.15, 0.2) is 0 Å². The molecule has 1 saturated heterocycles. The highest BCUT2D eigenvalue weighted by atomic mass is 15.2. The lowest BCUT2D eigenvalue weighted by molar-refractivity contribution is 0.182. The summed E-state index contributed by atoms with van der Waals surface area (Å²) in [6.45, 7) is 9.60. The van der Waals surface area contributed by atoms with E-state index in [1.165, 1.54) is 58.3 Å². The standard InChI is InChI=1S/C12H26N2/c1-3-10-14(11-4-2)12-6-5-8-13-9-7-12/h12-13H,3-11H2,1-2H3. The van der Waals surface area contributed by atoms with Crippen molar-refractivity contribution in [2.24, 2.45) is 0 Å². The van der Waals surface area contributed by atoms with Gasteiger partial charge in [-0.2, -0.15) is 0 Å². The molecule has 0 bridgehead atoms. The largest absolute Gasteiger partial charge is 0.317 e. The van der Waals surface area contributed by atoms with E-state index in [-0.39, 0.29) is 0 Å². The lowest BCUT2D eigenvalue weighted by Crippen LogP contribution is -2.37. The van der Waals surface area contributed by atoms with E-state index in [9.17, 15) is 0 Å². The van der Waals surface area contributed by atoms with Gasteiger partial charge in [0.25, 0.3) is 0 Å². The molecule has 0 aliphatic carbocycles. The highest BCUT2D eigenvalue weighted by Crippen LogP contribution is 2.14. The first-order valence-electron chi connectivity index (χ1n) is 6.33. The van der Waals surface area contributed by atoms with Crippen LogP contribution >= 0.6 is 0 Å². The van der Waals surface area contributed by atoms with E-state index in [0.29, 0.717) is 0 Å². The maximum Gasteiger partial charge on any atom is 0.0108 e. The average molecular weight is 198 g/mol.